The van der Waals surface area contributed by atoms with E-state index in [1.165, 1.54) is 10.7 Å². The number of nitrogens with zero attached hydrogens (tertiary/aromatic N) is 4. The highest BCUT2D eigenvalue weighted by atomic mass is 35.5. The highest BCUT2D eigenvalue weighted by Crippen LogP contribution is 2.23. The zero-order valence-electron chi connectivity index (χ0n) is 14.0. The molecule has 0 aliphatic heterocycles. The predicted octanol–water partition coefficient (Wildman–Crippen LogP) is 3.16. The number of nitrogens with one attached hydrogen (secondary N) is 1. The van der Waals surface area contributed by atoms with Crippen molar-refractivity contribution in [3.05, 3.63) is 64.0 Å². The molecule has 1 amide bonds. The number of aryl methyl sites for hydroxylation is 1. The lowest BCUT2D eigenvalue weighted by molar-refractivity contribution is -0.137. The zero-order chi connectivity index (χ0) is 19.4. The number of benzene rings is 1. The largest absolute Gasteiger partial charge is 0.481 e. The molecule has 0 unspecified atom stereocenters. The molecule has 1 aromatic carbocycles. The van der Waals surface area contributed by atoms with E-state index in [0.717, 1.165) is 5.56 Å². The number of amides is 1. The molecular weight excluding hydrogens is 393 g/mol. The Hall–Kier alpha value is -2.84. The maximum absolute atomic E-state index is 12.2. The summed E-state index contributed by atoms with van der Waals surface area (Å²) in [7, 11) is 0. The Morgan fingerprint density at radius 3 is 2.56 bits per heavy atom. The van der Waals surface area contributed by atoms with E-state index in [2.05, 4.69) is 15.5 Å². The molecule has 0 spiro atoms. The van der Waals surface area contributed by atoms with Gasteiger partial charge in [-0.25, -0.2) is 0 Å². The van der Waals surface area contributed by atoms with Crippen molar-refractivity contribution >= 4 is 40.9 Å². The minimum atomic E-state index is -0.927. The van der Waals surface area contributed by atoms with Gasteiger partial charge in [0.05, 0.1) is 29.6 Å². The summed E-state index contributed by atoms with van der Waals surface area (Å²) in [5.74, 6) is -0.979. The van der Waals surface area contributed by atoms with Crippen molar-refractivity contribution < 1.29 is 14.7 Å². The maximum atomic E-state index is 12.2. The van der Waals surface area contributed by atoms with Gasteiger partial charge in [0.25, 0.3) is 5.91 Å². The van der Waals surface area contributed by atoms with E-state index in [-0.39, 0.29) is 18.7 Å². The number of hydrogen-bond acceptors (Lipinski definition) is 4. The molecule has 0 aliphatic rings. The first kappa shape index (κ1) is 18.9. The molecule has 2 N–H and O–H groups in total. The third-order valence-corrected chi connectivity index (χ3v) is 4.38. The average molecular weight is 408 g/mol. The van der Waals surface area contributed by atoms with Crippen LogP contribution in [0.25, 0.3) is 0 Å². The Bertz CT molecular complexity index is 983. The van der Waals surface area contributed by atoms with Gasteiger partial charge in [0, 0.05) is 18.5 Å². The SMILES string of the molecule is O=C(O)CCn1ccc(C(=O)Nc2ccn(Cc3ccc(Cl)c(Cl)c3)n2)n1. The number of aliphatic carboxylic acids is 1. The molecule has 0 saturated heterocycles. The number of halogens is 2. The van der Waals surface area contributed by atoms with Crippen molar-refractivity contribution in [3.63, 3.8) is 0 Å². The van der Waals surface area contributed by atoms with Crippen LogP contribution < -0.4 is 5.32 Å². The van der Waals surface area contributed by atoms with Crippen molar-refractivity contribution in [2.45, 2.75) is 19.5 Å². The predicted molar refractivity (Wildman–Crippen MR) is 100 cm³/mol. The van der Waals surface area contributed by atoms with E-state index in [1.807, 2.05) is 6.07 Å². The van der Waals surface area contributed by atoms with Crippen LogP contribution in [0.3, 0.4) is 0 Å². The third kappa shape index (κ3) is 5.08. The number of carboxylic acids is 1. The van der Waals surface area contributed by atoms with Crippen LogP contribution >= 0.6 is 23.2 Å². The van der Waals surface area contributed by atoms with Gasteiger partial charge in [-0.3, -0.25) is 19.0 Å². The quantitative estimate of drug-likeness (QED) is 0.625. The van der Waals surface area contributed by atoms with Gasteiger partial charge in [0.15, 0.2) is 11.5 Å². The number of carbonyl (C=O) groups excluding carboxylic acids is 1. The molecule has 2 heterocycles. The first-order valence-electron chi connectivity index (χ1n) is 7.95. The normalized spacial score (nSPS) is 10.7. The van der Waals surface area contributed by atoms with E-state index in [0.29, 0.717) is 22.4 Å². The maximum Gasteiger partial charge on any atom is 0.305 e. The zero-order valence-corrected chi connectivity index (χ0v) is 15.5. The number of rotatable bonds is 7. The van der Waals surface area contributed by atoms with Gasteiger partial charge in [-0.05, 0) is 23.8 Å². The monoisotopic (exact) mass is 407 g/mol. The Morgan fingerprint density at radius 2 is 1.81 bits per heavy atom. The van der Waals surface area contributed by atoms with Crippen LogP contribution in [-0.2, 0) is 17.9 Å². The molecule has 0 radical (unpaired) electrons. The first-order chi connectivity index (χ1) is 12.9. The fourth-order valence-electron chi connectivity index (χ4n) is 2.34. The first-order valence-corrected chi connectivity index (χ1v) is 8.70. The number of carbonyl (C=O) groups is 2. The second kappa shape index (κ2) is 8.24. The van der Waals surface area contributed by atoms with Crippen LogP contribution in [0.15, 0.2) is 42.7 Å². The van der Waals surface area contributed by atoms with Gasteiger partial charge in [-0.1, -0.05) is 29.3 Å². The summed E-state index contributed by atoms with van der Waals surface area (Å²) in [5, 5.41) is 20.6. The summed E-state index contributed by atoms with van der Waals surface area (Å²) in [6.07, 6.45) is 3.21. The fourth-order valence-corrected chi connectivity index (χ4v) is 2.66. The van der Waals surface area contributed by atoms with Crippen LogP contribution in [0.4, 0.5) is 5.82 Å². The molecule has 140 valence electrons. The minimum Gasteiger partial charge on any atom is -0.481 e. The fraction of sp³-hybridized carbons (Fsp3) is 0.176. The molecule has 0 saturated carbocycles. The summed E-state index contributed by atoms with van der Waals surface area (Å²) in [5.41, 5.74) is 1.10. The summed E-state index contributed by atoms with van der Waals surface area (Å²) in [6, 6.07) is 8.50. The van der Waals surface area contributed by atoms with Crippen LogP contribution in [0.2, 0.25) is 10.0 Å². The van der Waals surface area contributed by atoms with Gasteiger partial charge in [-0.15, -0.1) is 0 Å². The molecule has 0 atom stereocenters. The molecule has 2 aromatic heterocycles. The minimum absolute atomic E-state index is 0.0676. The molecule has 10 heteroatoms. The van der Waals surface area contributed by atoms with Crippen molar-refractivity contribution in [2.75, 3.05) is 5.32 Å². The van der Waals surface area contributed by atoms with E-state index in [1.54, 1.807) is 35.3 Å². The van der Waals surface area contributed by atoms with Crippen molar-refractivity contribution in [1.29, 1.82) is 0 Å². The third-order valence-electron chi connectivity index (χ3n) is 3.64. The molecule has 8 nitrogen and oxygen atoms in total. The lowest BCUT2D eigenvalue weighted by Gasteiger charge is -2.04. The van der Waals surface area contributed by atoms with E-state index in [9.17, 15) is 9.59 Å². The Morgan fingerprint density at radius 1 is 1.04 bits per heavy atom. The number of hydrogen-bond donors (Lipinski definition) is 2. The van der Waals surface area contributed by atoms with Crippen molar-refractivity contribution in [3.8, 4) is 0 Å². The van der Waals surface area contributed by atoms with Crippen molar-refractivity contribution in [2.24, 2.45) is 0 Å². The van der Waals surface area contributed by atoms with Crippen LogP contribution in [0.5, 0.6) is 0 Å². The lowest BCUT2D eigenvalue weighted by atomic mass is 10.2. The number of carboxylic acid groups (broad SMARTS) is 1. The summed E-state index contributed by atoms with van der Waals surface area (Å²) in [6.45, 7) is 0.664. The van der Waals surface area contributed by atoms with Gasteiger partial charge < -0.3 is 10.4 Å². The van der Waals surface area contributed by atoms with Gasteiger partial charge >= 0.3 is 5.97 Å². The van der Waals surface area contributed by atoms with Gasteiger partial charge in [0.2, 0.25) is 0 Å². The second-order valence-electron chi connectivity index (χ2n) is 5.71. The highest BCUT2D eigenvalue weighted by Gasteiger charge is 2.12. The smallest absolute Gasteiger partial charge is 0.305 e. The molecule has 3 aromatic rings. The molecule has 27 heavy (non-hydrogen) atoms. The molecule has 0 fully saturated rings. The Labute approximate surface area is 164 Å². The number of aromatic nitrogens is 4. The van der Waals surface area contributed by atoms with E-state index < -0.39 is 11.9 Å². The summed E-state index contributed by atoms with van der Waals surface area (Å²) in [4.78, 5) is 22.8. The Balaban J connectivity index is 1.60. The second-order valence-corrected chi connectivity index (χ2v) is 6.52. The van der Waals surface area contributed by atoms with E-state index >= 15 is 0 Å². The summed E-state index contributed by atoms with van der Waals surface area (Å²) < 4.78 is 3.06. The average Bonchev–Trinajstić information content (AvgIpc) is 3.26. The molecular formula is C17H15Cl2N5O3. The standard InChI is InChI=1S/C17H15Cl2N5O3/c18-12-2-1-11(9-13(12)19)10-24-7-4-15(22-24)20-17(27)14-3-6-23(21-14)8-5-16(25)26/h1-4,6-7,9H,5,8,10H2,(H,25,26)(H,20,22,27). The van der Waals surface area contributed by atoms with Crippen LogP contribution in [0, 0.1) is 0 Å². The molecule has 0 bridgehead atoms. The van der Waals surface area contributed by atoms with E-state index in [4.69, 9.17) is 28.3 Å². The highest BCUT2D eigenvalue weighted by molar-refractivity contribution is 6.42. The Kier molecular flexibility index (Phi) is 5.78. The van der Waals surface area contributed by atoms with Crippen LogP contribution in [0.1, 0.15) is 22.5 Å². The molecule has 3 rings (SSSR count). The van der Waals surface area contributed by atoms with Crippen molar-refractivity contribution in [1.82, 2.24) is 19.6 Å². The van der Waals surface area contributed by atoms with Gasteiger partial charge in [-0.2, -0.15) is 10.2 Å². The lowest BCUT2D eigenvalue weighted by Crippen LogP contribution is -2.14. The topological polar surface area (TPSA) is 102 Å². The number of anilines is 1. The molecule has 0 aliphatic carbocycles. The summed E-state index contributed by atoms with van der Waals surface area (Å²) >= 11 is 11.9. The van der Waals surface area contributed by atoms with Crippen LogP contribution in [-0.4, -0.2) is 36.5 Å². The van der Waals surface area contributed by atoms with Gasteiger partial charge in [0.1, 0.15) is 0 Å².